The zero-order valence-corrected chi connectivity index (χ0v) is 19.3. The maximum Gasteiger partial charge on any atom is 0.283 e. The second-order valence-corrected chi connectivity index (χ2v) is 8.45. The Morgan fingerprint density at radius 3 is 2.28 bits per heavy atom. The molecule has 0 saturated heterocycles. The van der Waals surface area contributed by atoms with Crippen molar-refractivity contribution >= 4 is 73.9 Å². The number of carbonyl (C=O) groups is 3. The van der Waals surface area contributed by atoms with Crippen molar-refractivity contribution in [2.24, 2.45) is 0 Å². The third-order valence-corrected chi connectivity index (χ3v) is 5.82. The lowest BCUT2D eigenvalue weighted by Crippen LogP contribution is -2.32. The molecule has 32 heavy (non-hydrogen) atoms. The Morgan fingerprint density at radius 1 is 0.844 bits per heavy atom. The highest BCUT2D eigenvalue weighted by molar-refractivity contribution is 9.10. The average Bonchev–Trinajstić information content (AvgIpc) is 2.99. The maximum atomic E-state index is 12.9. The number of rotatable bonds is 5. The van der Waals surface area contributed by atoms with Gasteiger partial charge < -0.3 is 10.6 Å². The van der Waals surface area contributed by atoms with Gasteiger partial charge in [0.2, 0.25) is 0 Å². The first-order valence-electron chi connectivity index (χ1n) is 9.32. The van der Waals surface area contributed by atoms with E-state index in [-0.39, 0.29) is 27.3 Å². The minimum atomic E-state index is -0.684. The van der Waals surface area contributed by atoms with E-state index >= 15 is 0 Å². The smallest absolute Gasteiger partial charge is 0.283 e. The predicted octanol–water partition coefficient (Wildman–Crippen LogP) is 5.79. The van der Waals surface area contributed by atoms with E-state index in [1.807, 2.05) is 12.1 Å². The molecule has 1 aliphatic heterocycles. The van der Waals surface area contributed by atoms with Crippen LogP contribution in [0.1, 0.15) is 10.4 Å². The molecule has 4 rings (SSSR count). The molecule has 3 aromatic carbocycles. The summed E-state index contributed by atoms with van der Waals surface area (Å²) < 4.78 is 0.897. The Labute approximate surface area is 201 Å². The highest BCUT2D eigenvalue weighted by Gasteiger charge is 2.39. The highest BCUT2D eigenvalue weighted by atomic mass is 79.9. The summed E-state index contributed by atoms with van der Waals surface area (Å²) in [4.78, 5) is 39.1. The van der Waals surface area contributed by atoms with Crippen LogP contribution in [0, 0.1) is 0 Å². The van der Waals surface area contributed by atoms with Gasteiger partial charge in [-0.1, -0.05) is 57.3 Å². The summed E-state index contributed by atoms with van der Waals surface area (Å²) in [6.45, 7) is 0. The lowest BCUT2D eigenvalue weighted by molar-refractivity contribution is -0.120. The van der Waals surface area contributed by atoms with Crippen LogP contribution in [-0.2, 0) is 9.59 Å². The molecule has 0 fully saturated rings. The van der Waals surface area contributed by atoms with Gasteiger partial charge in [-0.05, 0) is 54.6 Å². The Kier molecular flexibility index (Phi) is 6.32. The van der Waals surface area contributed by atoms with Gasteiger partial charge in [0.15, 0.2) is 0 Å². The Bertz CT molecular complexity index is 1280. The molecule has 0 spiro atoms. The fourth-order valence-corrected chi connectivity index (χ4v) is 3.78. The largest absolute Gasteiger partial charge is 0.350 e. The number of halogens is 3. The number of amides is 3. The van der Waals surface area contributed by atoms with Gasteiger partial charge in [-0.3, -0.25) is 14.4 Å². The number of nitrogens with zero attached hydrogens (tertiary/aromatic N) is 1. The van der Waals surface area contributed by atoms with Crippen LogP contribution in [0.25, 0.3) is 0 Å². The molecule has 0 bridgehead atoms. The van der Waals surface area contributed by atoms with Crippen molar-refractivity contribution in [3.8, 4) is 0 Å². The molecule has 3 aromatic rings. The zero-order valence-electron chi connectivity index (χ0n) is 16.2. The zero-order chi connectivity index (χ0) is 22.8. The summed E-state index contributed by atoms with van der Waals surface area (Å²) >= 11 is 15.7. The molecule has 160 valence electrons. The van der Waals surface area contributed by atoms with Gasteiger partial charge in [0, 0.05) is 21.4 Å². The molecule has 0 radical (unpaired) electrons. The van der Waals surface area contributed by atoms with E-state index < -0.39 is 11.8 Å². The van der Waals surface area contributed by atoms with Crippen LogP contribution >= 0.6 is 39.1 Å². The van der Waals surface area contributed by atoms with Crippen LogP contribution in [0.4, 0.5) is 17.1 Å². The summed E-state index contributed by atoms with van der Waals surface area (Å²) in [7, 11) is 0. The van der Waals surface area contributed by atoms with Crippen molar-refractivity contribution in [2.75, 3.05) is 15.5 Å². The van der Waals surface area contributed by atoms with Gasteiger partial charge in [-0.15, -0.1) is 0 Å². The van der Waals surface area contributed by atoms with Crippen molar-refractivity contribution in [1.82, 2.24) is 0 Å². The number of nitrogens with one attached hydrogen (secondary N) is 2. The van der Waals surface area contributed by atoms with Gasteiger partial charge in [-0.25, -0.2) is 4.90 Å². The molecule has 6 nitrogen and oxygen atoms in total. The van der Waals surface area contributed by atoms with E-state index in [9.17, 15) is 14.4 Å². The molecule has 2 N–H and O–H groups in total. The van der Waals surface area contributed by atoms with Crippen molar-refractivity contribution in [3.63, 3.8) is 0 Å². The lowest BCUT2D eigenvalue weighted by atomic mass is 10.1. The van der Waals surface area contributed by atoms with Gasteiger partial charge in [-0.2, -0.15) is 0 Å². The summed E-state index contributed by atoms with van der Waals surface area (Å²) in [6, 6.07) is 20.1. The number of hydrogen-bond donors (Lipinski definition) is 2. The quantitative estimate of drug-likeness (QED) is 0.409. The molecule has 1 aliphatic rings. The molecule has 0 aliphatic carbocycles. The monoisotopic (exact) mass is 529 g/mol. The minimum Gasteiger partial charge on any atom is -0.350 e. The van der Waals surface area contributed by atoms with Gasteiger partial charge >= 0.3 is 0 Å². The van der Waals surface area contributed by atoms with E-state index in [0.29, 0.717) is 16.9 Å². The molecule has 9 heteroatoms. The number of hydrogen-bond acceptors (Lipinski definition) is 4. The number of para-hydroxylation sites is 1. The van der Waals surface area contributed by atoms with E-state index in [1.54, 1.807) is 60.7 Å². The molecule has 0 atom stereocenters. The summed E-state index contributed by atoms with van der Waals surface area (Å²) in [5.74, 6) is -1.66. The van der Waals surface area contributed by atoms with E-state index in [0.717, 1.165) is 9.37 Å². The first-order valence-corrected chi connectivity index (χ1v) is 10.9. The van der Waals surface area contributed by atoms with Gasteiger partial charge in [0.1, 0.15) is 10.7 Å². The Hall–Kier alpha value is -3.13. The topological polar surface area (TPSA) is 78.5 Å². The van der Waals surface area contributed by atoms with E-state index in [2.05, 4.69) is 26.6 Å². The molecule has 0 saturated carbocycles. The first-order chi connectivity index (χ1) is 15.3. The standard InChI is InChI=1S/C23H14BrCl2N3O3/c24-14-8-10-15(11-9-14)28-21(30)13-4-3-5-16(12-13)27-20-19(26)22(31)29(23(20)32)18-7-2-1-6-17(18)25/h1-12,27H,(H,28,30). The summed E-state index contributed by atoms with van der Waals surface area (Å²) in [5, 5.41) is 5.64. The number of imide groups is 1. The van der Waals surface area contributed by atoms with Crippen LogP contribution in [0.3, 0.4) is 0 Å². The summed E-state index contributed by atoms with van der Waals surface area (Å²) in [5.41, 5.74) is 1.55. The molecule has 3 amide bonds. The number of anilines is 3. The third-order valence-electron chi connectivity index (χ3n) is 4.62. The molecule has 0 aromatic heterocycles. The van der Waals surface area contributed by atoms with Crippen molar-refractivity contribution in [1.29, 1.82) is 0 Å². The van der Waals surface area contributed by atoms with Crippen LogP contribution in [0.5, 0.6) is 0 Å². The maximum absolute atomic E-state index is 12.9. The SMILES string of the molecule is O=C(Nc1ccc(Br)cc1)c1cccc(NC2=C(Cl)C(=O)N(c3ccccc3Cl)C2=O)c1. The Morgan fingerprint density at radius 2 is 1.56 bits per heavy atom. The summed E-state index contributed by atoms with van der Waals surface area (Å²) in [6.07, 6.45) is 0. The van der Waals surface area contributed by atoms with Gasteiger partial charge in [0.05, 0.1) is 10.7 Å². The van der Waals surface area contributed by atoms with Crippen molar-refractivity contribution in [3.05, 3.63) is 98.6 Å². The number of carbonyl (C=O) groups excluding carboxylic acids is 3. The van der Waals surface area contributed by atoms with Crippen LogP contribution in [0.2, 0.25) is 5.02 Å². The van der Waals surface area contributed by atoms with E-state index in [1.165, 1.54) is 0 Å². The second kappa shape index (κ2) is 9.16. The Balaban J connectivity index is 1.55. The average molecular weight is 531 g/mol. The minimum absolute atomic E-state index is 0.0953. The highest BCUT2D eigenvalue weighted by Crippen LogP contribution is 2.34. The molecular weight excluding hydrogens is 517 g/mol. The normalized spacial score (nSPS) is 13.5. The van der Waals surface area contributed by atoms with Gasteiger partial charge in [0.25, 0.3) is 17.7 Å². The van der Waals surface area contributed by atoms with Crippen molar-refractivity contribution < 1.29 is 14.4 Å². The molecule has 0 unspecified atom stereocenters. The first kappa shape index (κ1) is 22.1. The molecular formula is C23H14BrCl2N3O3. The fourth-order valence-electron chi connectivity index (χ4n) is 3.08. The van der Waals surface area contributed by atoms with E-state index in [4.69, 9.17) is 23.2 Å². The second-order valence-electron chi connectivity index (χ2n) is 6.75. The fraction of sp³-hybridized carbons (Fsp3) is 0. The predicted molar refractivity (Wildman–Crippen MR) is 129 cm³/mol. The third kappa shape index (κ3) is 4.41. The van der Waals surface area contributed by atoms with Crippen LogP contribution in [0.15, 0.2) is 88.0 Å². The van der Waals surface area contributed by atoms with Crippen molar-refractivity contribution in [2.45, 2.75) is 0 Å². The number of benzene rings is 3. The van der Waals surface area contributed by atoms with Crippen LogP contribution < -0.4 is 15.5 Å². The lowest BCUT2D eigenvalue weighted by Gasteiger charge is -2.16. The molecule has 1 heterocycles. The van der Waals surface area contributed by atoms with Crippen LogP contribution in [-0.4, -0.2) is 17.7 Å².